The van der Waals surface area contributed by atoms with Crippen molar-refractivity contribution in [1.82, 2.24) is 10.2 Å². The molecule has 0 radical (unpaired) electrons. The lowest BCUT2D eigenvalue weighted by atomic mass is 9.80. The third-order valence-corrected chi connectivity index (χ3v) is 5.12. The number of hydrogen-bond acceptors (Lipinski definition) is 2. The molecule has 0 saturated carbocycles. The zero-order chi connectivity index (χ0) is 15.2. The van der Waals surface area contributed by atoms with Crippen molar-refractivity contribution in [2.24, 2.45) is 5.41 Å². The molecular formula is C18H38N2. The van der Waals surface area contributed by atoms with Crippen LogP contribution in [-0.2, 0) is 0 Å². The molecule has 2 heteroatoms. The fourth-order valence-electron chi connectivity index (χ4n) is 3.45. The first kappa shape index (κ1) is 18.0. The largest absolute Gasteiger partial charge is 0.312 e. The first-order valence-electron chi connectivity index (χ1n) is 8.82. The molecule has 0 bridgehead atoms. The van der Waals surface area contributed by atoms with Gasteiger partial charge in [0.05, 0.1) is 0 Å². The summed E-state index contributed by atoms with van der Waals surface area (Å²) in [7, 11) is 0. The van der Waals surface area contributed by atoms with Crippen LogP contribution in [0.2, 0.25) is 0 Å². The molecule has 0 aromatic carbocycles. The molecule has 1 aliphatic rings. The molecule has 1 heterocycles. The second kappa shape index (κ2) is 7.79. The second-order valence-corrected chi connectivity index (χ2v) is 8.01. The van der Waals surface area contributed by atoms with Gasteiger partial charge in [-0.25, -0.2) is 0 Å². The van der Waals surface area contributed by atoms with E-state index in [1.807, 2.05) is 0 Å². The highest BCUT2D eigenvalue weighted by Crippen LogP contribution is 2.32. The van der Waals surface area contributed by atoms with Crippen molar-refractivity contribution in [2.75, 3.05) is 19.6 Å². The maximum absolute atomic E-state index is 3.87. The van der Waals surface area contributed by atoms with Crippen LogP contribution in [0.15, 0.2) is 0 Å². The maximum Gasteiger partial charge on any atom is 0.0331 e. The topological polar surface area (TPSA) is 15.3 Å². The van der Waals surface area contributed by atoms with Gasteiger partial charge in [0.1, 0.15) is 0 Å². The van der Waals surface area contributed by atoms with Crippen LogP contribution in [0, 0.1) is 5.41 Å². The molecule has 20 heavy (non-hydrogen) atoms. The quantitative estimate of drug-likeness (QED) is 0.708. The molecule has 2 unspecified atom stereocenters. The van der Waals surface area contributed by atoms with E-state index in [2.05, 4.69) is 51.8 Å². The van der Waals surface area contributed by atoms with Crippen molar-refractivity contribution in [3.63, 3.8) is 0 Å². The van der Waals surface area contributed by atoms with E-state index >= 15 is 0 Å². The second-order valence-electron chi connectivity index (χ2n) is 8.01. The lowest BCUT2D eigenvalue weighted by Crippen LogP contribution is -2.58. The van der Waals surface area contributed by atoms with Crippen molar-refractivity contribution >= 4 is 0 Å². The molecule has 0 aromatic rings. The Kier molecular flexibility index (Phi) is 7.00. The van der Waals surface area contributed by atoms with Crippen molar-refractivity contribution < 1.29 is 0 Å². The van der Waals surface area contributed by atoms with Gasteiger partial charge < -0.3 is 5.32 Å². The molecule has 0 spiro atoms. The molecule has 0 aliphatic carbocycles. The fraction of sp³-hybridized carbons (Fsp3) is 1.00. The van der Waals surface area contributed by atoms with Crippen molar-refractivity contribution in [1.29, 1.82) is 0 Å². The van der Waals surface area contributed by atoms with Gasteiger partial charge in [-0.3, -0.25) is 4.90 Å². The first-order valence-corrected chi connectivity index (χ1v) is 8.82. The summed E-state index contributed by atoms with van der Waals surface area (Å²) in [6.07, 6.45) is 7.84. The number of nitrogens with one attached hydrogen (secondary N) is 1. The van der Waals surface area contributed by atoms with E-state index in [9.17, 15) is 0 Å². The van der Waals surface area contributed by atoms with Gasteiger partial charge in [-0.1, -0.05) is 34.6 Å². The summed E-state index contributed by atoms with van der Waals surface area (Å²) >= 11 is 0. The lowest BCUT2D eigenvalue weighted by molar-refractivity contribution is 0.0749. The van der Waals surface area contributed by atoms with Gasteiger partial charge >= 0.3 is 0 Å². The van der Waals surface area contributed by atoms with Gasteiger partial charge in [-0.15, -0.1) is 0 Å². The maximum atomic E-state index is 3.87. The molecule has 1 rings (SSSR count). The number of nitrogens with zero attached hydrogens (tertiary/aromatic N) is 1. The molecule has 120 valence electrons. The monoisotopic (exact) mass is 282 g/mol. The highest BCUT2D eigenvalue weighted by Gasteiger charge is 2.39. The molecule has 1 saturated heterocycles. The van der Waals surface area contributed by atoms with Crippen LogP contribution >= 0.6 is 0 Å². The summed E-state index contributed by atoms with van der Waals surface area (Å²) in [5.41, 5.74) is 0.767. The Labute approximate surface area is 127 Å². The minimum absolute atomic E-state index is 0.330. The van der Waals surface area contributed by atoms with E-state index in [-0.39, 0.29) is 0 Å². The summed E-state index contributed by atoms with van der Waals surface area (Å²) < 4.78 is 0. The van der Waals surface area contributed by atoms with Crippen molar-refractivity contribution in [3.8, 4) is 0 Å². The SMILES string of the molecule is CCCNC(CCC(C)(C)C)C(C)(CC)N1CCCC1. The average molecular weight is 283 g/mol. The summed E-state index contributed by atoms with van der Waals surface area (Å²) in [5.74, 6) is 0. The van der Waals surface area contributed by atoms with Gasteiger partial charge in [0, 0.05) is 11.6 Å². The fourth-order valence-corrected chi connectivity index (χ4v) is 3.45. The minimum atomic E-state index is 0.330. The first-order chi connectivity index (χ1) is 9.33. The standard InChI is InChI=1S/C18H38N2/c1-7-13-19-16(11-12-17(3,4)5)18(6,8-2)20-14-9-10-15-20/h16,19H,7-15H2,1-6H3. The molecule has 1 aliphatic heterocycles. The Morgan fingerprint density at radius 1 is 1.05 bits per heavy atom. The van der Waals surface area contributed by atoms with Crippen LogP contribution in [-0.4, -0.2) is 36.1 Å². The Balaban J connectivity index is 2.75. The highest BCUT2D eigenvalue weighted by molar-refractivity contribution is 4.98. The summed E-state index contributed by atoms with van der Waals surface area (Å²) in [6, 6.07) is 0.629. The van der Waals surface area contributed by atoms with Crippen LogP contribution in [0.1, 0.15) is 80.1 Å². The predicted octanol–water partition coefficient (Wildman–Crippen LogP) is 4.45. The Hall–Kier alpha value is -0.0800. The molecule has 0 aromatic heterocycles. The normalized spacial score (nSPS) is 21.9. The zero-order valence-electron chi connectivity index (χ0n) is 14.9. The zero-order valence-corrected chi connectivity index (χ0v) is 14.9. The summed E-state index contributed by atoms with van der Waals surface area (Å²) in [5, 5.41) is 3.87. The molecule has 1 fully saturated rings. The van der Waals surface area contributed by atoms with Crippen LogP contribution in [0.3, 0.4) is 0 Å². The number of hydrogen-bond donors (Lipinski definition) is 1. The predicted molar refractivity (Wildman–Crippen MR) is 90.3 cm³/mol. The van der Waals surface area contributed by atoms with Crippen LogP contribution in [0.4, 0.5) is 0 Å². The molecule has 2 atom stereocenters. The Bertz CT molecular complexity index is 263. The van der Waals surface area contributed by atoms with E-state index in [0.717, 1.165) is 6.54 Å². The number of likely N-dealkylation sites (tertiary alicyclic amines) is 1. The van der Waals surface area contributed by atoms with Crippen molar-refractivity contribution in [3.05, 3.63) is 0 Å². The van der Waals surface area contributed by atoms with E-state index < -0.39 is 0 Å². The van der Waals surface area contributed by atoms with Gasteiger partial charge in [-0.2, -0.15) is 0 Å². The van der Waals surface area contributed by atoms with Crippen LogP contribution in [0.25, 0.3) is 0 Å². The highest BCUT2D eigenvalue weighted by atomic mass is 15.2. The minimum Gasteiger partial charge on any atom is -0.312 e. The van der Waals surface area contributed by atoms with Gasteiger partial charge in [-0.05, 0) is 70.5 Å². The molecule has 1 N–H and O–H groups in total. The lowest BCUT2D eigenvalue weighted by Gasteiger charge is -2.46. The van der Waals surface area contributed by atoms with Crippen LogP contribution < -0.4 is 5.32 Å². The molecule has 0 amide bonds. The summed E-state index contributed by atoms with van der Waals surface area (Å²) in [4.78, 5) is 2.75. The van der Waals surface area contributed by atoms with Gasteiger partial charge in [0.2, 0.25) is 0 Å². The van der Waals surface area contributed by atoms with E-state index in [1.165, 1.54) is 51.6 Å². The Morgan fingerprint density at radius 3 is 2.10 bits per heavy atom. The number of rotatable bonds is 8. The Morgan fingerprint density at radius 2 is 1.65 bits per heavy atom. The van der Waals surface area contributed by atoms with Gasteiger partial charge in [0.25, 0.3) is 0 Å². The smallest absolute Gasteiger partial charge is 0.0331 e. The van der Waals surface area contributed by atoms with E-state index in [0.29, 0.717) is 17.0 Å². The van der Waals surface area contributed by atoms with Gasteiger partial charge in [0.15, 0.2) is 0 Å². The third-order valence-electron chi connectivity index (χ3n) is 5.12. The van der Waals surface area contributed by atoms with Crippen molar-refractivity contribution in [2.45, 2.75) is 91.6 Å². The van der Waals surface area contributed by atoms with E-state index in [4.69, 9.17) is 0 Å². The molecular weight excluding hydrogens is 244 g/mol. The molecule has 2 nitrogen and oxygen atoms in total. The van der Waals surface area contributed by atoms with E-state index in [1.54, 1.807) is 0 Å². The van der Waals surface area contributed by atoms with Crippen LogP contribution in [0.5, 0.6) is 0 Å². The average Bonchev–Trinajstić information content (AvgIpc) is 2.91. The third kappa shape index (κ3) is 5.04. The summed E-state index contributed by atoms with van der Waals surface area (Å²) in [6.45, 7) is 18.0.